The number of hydrogen-bond acceptors (Lipinski definition) is 6. The van der Waals surface area contributed by atoms with Crippen LogP contribution in [0.25, 0.3) is 11.0 Å². The maximum atomic E-state index is 12.2. The van der Waals surface area contributed by atoms with Crippen LogP contribution in [0.5, 0.6) is 0 Å². The molecule has 0 spiro atoms. The Kier molecular flexibility index (Phi) is 4.84. The van der Waals surface area contributed by atoms with Crippen molar-refractivity contribution in [3.63, 3.8) is 0 Å². The smallest absolute Gasteiger partial charge is 0.410 e. The van der Waals surface area contributed by atoms with Gasteiger partial charge in [-0.3, -0.25) is 0 Å². The van der Waals surface area contributed by atoms with E-state index in [4.69, 9.17) is 9.47 Å². The number of benzene rings is 1. The fourth-order valence-electron chi connectivity index (χ4n) is 3.08. The number of rotatable bonds is 2. The first kappa shape index (κ1) is 18.2. The minimum absolute atomic E-state index is 0.155. The van der Waals surface area contributed by atoms with E-state index in [1.807, 2.05) is 31.5 Å². The van der Waals surface area contributed by atoms with E-state index >= 15 is 0 Å². The molecule has 1 amide bonds. The van der Waals surface area contributed by atoms with Gasteiger partial charge in [0.25, 0.3) is 0 Å². The van der Waals surface area contributed by atoms with E-state index in [1.54, 1.807) is 17.0 Å². The van der Waals surface area contributed by atoms with E-state index in [2.05, 4.69) is 10.3 Å². The molecular formula is C18H24N4O4. The summed E-state index contributed by atoms with van der Waals surface area (Å²) in [5, 5.41) is 8.43. The molecule has 8 heteroatoms. The molecule has 8 nitrogen and oxygen atoms in total. The van der Waals surface area contributed by atoms with Gasteiger partial charge in [-0.25, -0.2) is 14.3 Å². The number of amides is 1. The SMILES string of the molecule is COC(=O)c1ccc2c(c1)nnn2C1CCN(C(=O)OC(C)(C)C)CC1. The first-order valence-electron chi connectivity index (χ1n) is 8.69. The number of piperidine rings is 1. The van der Waals surface area contributed by atoms with Gasteiger partial charge in [-0.1, -0.05) is 5.21 Å². The lowest BCUT2D eigenvalue weighted by atomic mass is 10.1. The second-order valence-electron chi connectivity index (χ2n) is 7.43. The summed E-state index contributed by atoms with van der Waals surface area (Å²) < 4.78 is 12.0. The first-order chi connectivity index (χ1) is 12.3. The number of fused-ring (bicyclic) bond motifs is 1. The van der Waals surface area contributed by atoms with Crippen LogP contribution in [0.4, 0.5) is 4.79 Å². The molecule has 2 aromatic rings. The molecule has 0 aliphatic carbocycles. The van der Waals surface area contributed by atoms with Gasteiger partial charge < -0.3 is 14.4 Å². The normalized spacial score (nSPS) is 15.9. The largest absolute Gasteiger partial charge is 0.465 e. The van der Waals surface area contributed by atoms with Gasteiger partial charge in [0.1, 0.15) is 11.1 Å². The van der Waals surface area contributed by atoms with Crippen molar-refractivity contribution in [1.82, 2.24) is 19.9 Å². The van der Waals surface area contributed by atoms with Crippen molar-refractivity contribution in [2.45, 2.75) is 45.3 Å². The third kappa shape index (κ3) is 3.79. The summed E-state index contributed by atoms with van der Waals surface area (Å²) in [6, 6.07) is 5.38. The van der Waals surface area contributed by atoms with Crippen molar-refractivity contribution in [1.29, 1.82) is 0 Å². The van der Waals surface area contributed by atoms with E-state index in [-0.39, 0.29) is 12.1 Å². The van der Waals surface area contributed by atoms with Gasteiger partial charge in [0.2, 0.25) is 0 Å². The Balaban J connectivity index is 1.70. The molecule has 0 radical (unpaired) electrons. The Morgan fingerprint density at radius 2 is 1.88 bits per heavy atom. The van der Waals surface area contributed by atoms with Gasteiger partial charge in [0.05, 0.1) is 24.2 Å². The topological polar surface area (TPSA) is 86.5 Å². The number of carbonyl (C=O) groups is 2. The number of methoxy groups -OCH3 is 1. The highest BCUT2D eigenvalue weighted by Gasteiger charge is 2.28. The van der Waals surface area contributed by atoms with Crippen LogP contribution in [-0.4, -0.2) is 57.8 Å². The van der Waals surface area contributed by atoms with Crippen molar-refractivity contribution in [3.8, 4) is 0 Å². The monoisotopic (exact) mass is 360 g/mol. The van der Waals surface area contributed by atoms with Crippen LogP contribution in [0.15, 0.2) is 18.2 Å². The molecule has 0 saturated carbocycles. The Bertz CT molecular complexity index is 816. The molecule has 0 bridgehead atoms. The fourth-order valence-corrected chi connectivity index (χ4v) is 3.08. The fraction of sp³-hybridized carbons (Fsp3) is 0.556. The molecular weight excluding hydrogens is 336 g/mol. The van der Waals surface area contributed by atoms with Crippen LogP contribution in [0.2, 0.25) is 0 Å². The summed E-state index contributed by atoms with van der Waals surface area (Å²) >= 11 is 0. The van der Waals surface area contributed by atoms with Crippen LogP contribution in [0, 0.1) is 0 Å². The first-order valence-corrected chi connectivity index (χ1v) is 8.69. The number of hydrogen-bond donors (Lipinski definition) is 0. The third-order valence-corrected chi connectivity index (χ3v) is 4.35. The van der Waals surface area contributed by atoms with Crippen LogP contribution in [0.3, 0.4) is 0 Å². The van der Waals surface area contributed by atoms with Gasteiger partial charge in [0, 0.05) is 13.1 Å². The maximum Gasteiger partial charge on any atom is 0.410 e. The summed E-state index contributed by atoms with van der Waals surface area (Å²) in [5.41, 5.74) is 1.48. The number of nitrogens with zero attached hydrogens (tertiary/aromatic N) is 4. The Hall–Kier alpha value is -2.64. The Morgan fingerprint density at radius 3 is 2.50 bits per heavy atom. The van der Waals surface area contributed by atoms with E-state index in [0.29, 0.717) is 24.2 Å². The lowest BCUT2D eigenvalue weighted by Crippen LogP contribution is -2.42. The summed E-state index contributed by atoms with van der Waals surface area (Å²) in [5.74, 6) is -0.396. The van der Waals surface area contributed by atoms with E-state index < -0.39 is 11.6 Å². The van der Waals surface area contributed by atoms with Crippen LogP contribution in [0.1, 0.15) is 50.0 Å². The number of carbonyl (C=O) groups excluding carboxylic acids is 2. The predicted molar refractivity (Wildman–Crippen MR) is 94.9 cm³/mol. The van der Waals surface area contributed by atoms with Crippen LogP contribution >= 0.6 is 0 Å². The van der Waals surface area contributed by atoms with Crippen LogP contribution < -0.4 is 0 Å². The lowest BCUT2D eigenvalue weighted by Gasteiger charge is -2.33. The molecule has 1 fully saturated rings. The van der Waals surface area contributed by atoms with E-state index in [9.17, 15) is 9.59 Å². The average molecular weight is 360 g/mol. The summed E-state index contributed by atoms with van der Waals surface area (Å²) in [4.78, 5) is 25.5. The van der Waals surface area contributed by atoms with Crippen molar-refractivity contribution < 1.29 is 19.1 Å². The van der Waals surface area contributed by atoms with Gasteiger partial charge in [-0.05, 0) is 51.8 Å². The lowest BCUT2D eigenvalue weighted by molar-refractivity contribution is 0.0185. The summed E-state index contributed by atoms with van der Waals surface area (Å²) in [7, 11) is 1.35. The minimum atomic E-state index is -0.493. The van der Waals surface area contributed by atoms with Gasteiger partial charge in [0.15, 0.2) is 0 Å². The van der Waals surface area contributed by atoms with Crippen molar-refractivity contribution in [3.05, 3.63) is 23.8 Å². The zero-order valence-corrected chi connectivity index (χ0v) is 15.6. The average Bonchev–Trinajstić information content (AvgIpc) is 3.02. The predicted octanol–water partition coefficient (Wildman–Crippen LogP) is 2.79. The molecule has 0 N–H and O–H groups in total. The highest BCUT2D eigenvalue weighted by atomic mass is 16.6. The standard InChI is InChI=1S/C18H24N4O4/c1-18(2,3)26-17(24)21-9-7-13(8-10-21)22-15-6-5-12(16(23)25-4)11-14(15)19-20-22/h5-6,11,13H,7-10H2,1-4H3. The summed E-state index contributed by atoms with van der Waals surface area (Å²) in [6.45, 7) is 6.81. The second-order valence-corrected chi connectivity index (χ2v) is 7.43. The zero-order chi connectivity index (χ0) is 18.9. The van der Waals surface area contributed by atoms with Crippen molar-refractivity contribution in [2.24, 2.45) is 0 Å². The van der Waals surface area contributed by atoms with E-state index in [1.165, 1.54) is 7.11 Å². The highest BCUT2D eigenvalue weighted by molar-refractivity contribution is 5.93. The Morgan fingerprint density at radius 1 is 1.19 bits per heavy atom. The molecule has 1 aromatic heterocycles. The van der Waals surface area contributed by atoms with E-state index in [0.717, 1.165) is 18.4 Å². The quantitative estimate of drug-likeness (QED) is 0.766. The van der Waals surface area contributed by atoms with Crippen LogP contribution in [-0.2, 0) is 9.47 Å². The molecule has 140 valence electrons. The molecule has 0 unspecified atom stereocenters. The van der Waals surface area contributed by atoms with Gasteiger partial charge in [-0.2, -0.15) is 0 Å². The second kappa shape index (κ2) is 6.93. The number of ether oxygens (including phenoxy) is 2. The zero-order valence-electron chi connectivity index (χ0n) is 15.6. The highest BCUT2D eigenvalue weighted by Crippen LogP contribution is 2.26. The molecule has 2 heterocycles. The maximum absolute atomic E-state index is 12.2. The number of likely N-dealkylation sites (tertiary alicyclic amines) is 1. The molecule has 1 aliphatic rings. The number of esters is 1. The molecule has 3 rings (SSSR count). The molecule has 26 heavy (non-hydrogen) atoms. The van der Waals surface area contributed by atoms with Crippen molar-refractivity contribution >= 4 is 23.1 Å². The molecule has 1 saturated heterocycles. The molecule has 0 atom stereocenters. The minimum Gasteiger partial charge on any atom is -0.465 e. The molecule has 1 aromatic carbocycles. The van der Waals surface area contributed by atoms with Gasteiger partial charge >= 0.3 is 12.1 Å². The molecule has 1 aliphatic heterocycles. The Labute approximate surface area is 152 Å². The van der Waals surface area contributed by atoms with Crippen molar-refractivity contribution in [2.75, 3.05) is 20.2 Å². The number of aromatic nitrogens is 3. The third-order valence-electron chi connectivity index (χ3n) is 4.35. The summed E-state index contributed by atoms with van der Waals surface area (Å²) in [6.07, 6.45) is 1.27. The van der Waals surface area contributed by atoms with Gasteiger partial charge in [-0.15, -0.1) is 5.10 Å².